The molecule has 0 fully saturated rings. The van der Waals surface area contributed by atoms with Crippen molar-refractivity contribution in [3.05, 3.63) is 21.9 Å². The molecule has 1 heterocycles. The number of amides is 2. The first kappa shape index (κ1) is 15.0. The van der Waals surface area contributed by atoms with Gasteiger partial charge in [0.05, 0.1) is 18.7 Å². The lowest BCUT2D eigenvalue weighted by Crippen LogP contribution is -2.52. The molecule has 0 aliphatic heterocycles. The number of thiophene rings is 1. The molecule has 18 heavy (non-hydrogen) atoms. The predicted octanol–water partition coefficient (Wildman–Crippen LogP) is 2.41. The molecule has 1 unspecified atom stereocenters. The quantitative estimate of drug-likeness (QED) is 0.743. The molecule has 4 nitrogen and oxygen atoms in total. The zero-order valence-corrected chi connectivity index (χ0v) is 12.1. The Bertz CT molecular complexity index is 392. The van der Waals surface area contributed by atoms with Crippen molar-refractivity contribution in [2.24, 2.45) is 0 Å². The van der Waals surface area contributed by atoms with E-state index in [1.807, 2.05) is 32.9 Å². The fourth-order valence-electron chi connectivity index (χ4n) is 1.80. The molecule has 0 aliphatic carbocycles. The van der Waals surface area contributed by atoms with E-state index in [2.05, 4.69) is 10.6 Å². The lowest BCUT2D eigenvalue weighted by atomic mass is 9.98. The first-order chi connectivity index (χ1) is 8.49. The van der Waals surface area contributed by atoms with Crippen molar-refractivity contribution in [3.8, 4) is 0 Å². The lowest BCUT2D eigenvalue weighted by molar-refractivity contribution is 0.163. The third kappa shape index (κ3) is 4.66. The Balaban J connectivity index is 2.41. The fraction of sp³-hybridized carbons (Fsp3) is 0.615. The number of carbonyl (C=O) groups excluding carboxylic acids is 1. The summed E-state index contributed by atoms with van der Waals surface area (Å²) in [7, 11) is 0. The van der Waals surface area contributed by atoms with E-state index in [1.165, 1.54) is 4.88 Å². The number of aliphatic hydroxyl groups excluding tert-OH is 1. The average Bonchev–Trinajstić information content (AvgIpc) is 2.73. The van der Waals surface area contributed by atoms with Crippen LogP contribution in [0.25, 0.3) is 0 Å². The summed E-state index contributed by atoms with van der Waals surface area (Å²) < 4.78 is 0. The van der Waals surface area contributed by atoms with Gasteiger partial charge < -0.3 is 15.7 Å². The van der Waals surface area contributed by atoms with Crippen LogP contribution in [0.3, 0.4) is 0 Å². The van der Waals surface area contributed by atoms with Crippen molar-refractivity contribution in [2.45, 2.75) is 45.7 Å². The van der Waals surface area contributed by atoms with Gasteiger partial charge in [-0.1, -0.05) is 13.3 Å². The maximum absolute atomic E-state index is 11.7. The number of aliphatic hydroxyl groups is 1. The van der Waals surface area contributed by atoms with Gasteiger partial charge in [-0.2, -0.15) is 0 Å². The van der Waals surface area contributed by atoms with Gasteiger partial charge in [-0.25, -0.2) is 4.79 Å². The van der Waals surface area contributed by atoms with Gasteiger partial charge in [-0.05, 0) is 32.4 Å². The second kappa shape index (κ2) is 6.75. The van der Waals surface area contributed by atoms with Gasteiger partial charge in [0, 0.05) is 9.75 Å². The Hall–Kier alpha value is -1.07. The molecule has 0 aliphatic rings. The monoisotopic (exact) mass is 270 g/mol. The number of rotatable bonds is 6. The zero-order chi connectivity index (χ0) is 13.6. The summed E-state index contributed by atoms with van der Waals surface area (Å²) in [5.41, 5.74) is -0.538. The molecule has 3 N–H and O–H groups in total. The molecular formula is C13H22N2O2S. The first-order valence-corrected chi connectivity index (χ1v) is 7.03. The van der Waals surface area contributed by atoms with Gasteiger partial charge in [0.25, 0.3) is 0 Å². The first-order valence-electron chi connectivity index (χ1n) is 6.21. The van der Waals surface area contributed by atoms with Crippen LogP contribution < -0.4 is 10.6 Å². The Kier molecular flexibility index (Phi) is 5.62. The molecule has 1 aromatic rings. The van der Waals surface area contributed by atoms with Gasteiger partial charge >= 0.3 is 6.03 Å². The van der Waals surface area contributed by atoms with Crippen LogP contribution in [-0.4, -0.2) is 23.3 Å². The van der Waals surface area contributed by atoms with Crippen molar-refractivity contribution in [2.75, 3.05) is 6.61 Å². The van der Waals surface area contributed by atoms with Gasteiger partial charge in [0.1, 0.15) is 0 Å². The van der Waals surface area contributed by atoms with E-state index in [4.69, 9.17) is 0 Å². The molecule has 1 aromatic heterocycles. The summed E-state index contributed by atoms with van der Waals surface area (Å²) in [5, 5.41) is 14.9. The van der Waals surface area contributed by atoms with Crippen molar-refractivity contribution in [3.63, 3.8) is 0 Å². The maximum Gasteiger partial charge on any atom is 0.315 e. The molecule has 1 rings (SSSR count). The highest BCUT2D eigenvalue weighted by atomic mass is 32.1. The standard InChI is InChI=1S/C13H22N2O2S/c1-4-7-13(3,9-16)15-12(17)14-8-11-6-5-10(2)18-11/h5-6,16H,4,7-9H2,1-3H3,(H2,14,15,17). The van der Waals surface area contributed by atoms with Crippen molar-refractivity contribution in [1.29, 1.82) is 0 Å². The number of aryl methyl sites for hydroxylation is 1. The van der Waals surface area contributed by atoms with Crippen LogP contribution in [0.1, 0.15) is 36.4 Å². The highest BCUT2D eigenvalue weighted by Gasteiger charge is 2.24. The van der Waals surface area contributed by atoms with E-state index in [9.17, 15) is 9.90 Å². The molecule has 5 heteroatoms. The molecule has 0 spiro atoms. The molecule has 102 valence electrons. The second-order valence-corrected chi connectivity index (χ2v) is 6.16. The van der Waals surface area contributed by atoms with Crippen LogP contribution in [0, 0.1) is 6.92 Å². The van der Waals surface area contributed by atoms with E-state index in [0.29, 0.717) is 6.54 Å². The Morgan fingerprint density at radius 3 is 2.72 bits per heavy atom. The summed E-state index contributed by atoms with van der Waals surface area (Å²) in [5.74, 6) is 0. The predicted molar refractivity (Wildman–Crippen MR) is 74.8 cm³/mol. The highest BCUT2D eigenvalue weighted by Crippen LogP contribution is 2.14. The van der Waals surface area contributed by atoms with Gasteiger partial charge in [-0.3, -0.25) is 0 Å². The second-order valence-electron chi connectivity index (χ2n) is 4.79. The Morgan fingerprint density at radius 1 is 1.50 bits per heavy atom. The molecule has 2 amide bonds. The Labute approximate surface area is 112 Å². The fourth-order valence-corrected chi connectivity index (χ4v) is 2.63. The van der Waals surface area contributed by atoms with Crippen LogP contribution in [0.2, 0.25) is 0 Å². The van der Waals surface area contributed by atoms with E-state index < -0.39 is 5.54 Å². The van der Waals surface area contributed by atoms with Crippen LogP contribution >= 0.6 is 11.3 Å². The maximum atomic E-state index is 11.7. The molecule has 0 radical (unpaired) electrons. The minimum Gasteiger partial charge on any atom is -0.394 e. The van der Waals surface area contributed by atoms with Gasteiger partial charge in [0.15, 0.2) is 0 Å². The number of carbonyl (C=O) groups is 1. The number of hydrogen-bond acceptors (Lipinski definition) is 3. The average molecular weight is 270 g/mol. The smallest absolute Gasteiger partial charge is 0.315 e. The van der Waals surface area contributed by atoms with Crippen LogP contribution in [0.5, 0.6) is 0 Å². The molecule has 0 saturated heterocycles. The van der Waals surface area contributed by atoms with Crippen molar-refractivity contribution < 1.29 is 9.90 Å². The molecule has 0 bridgehead atoms. The van der Waals surface area contributed by atoms with Crippen LogP contribution in [0.15, 0.2) is 12.1 Å². The molecule has 0 aromatic carbocycles. The van der Waals surface area contributed by atoms with Gasteiger partial charge in [0.2, 0.25) is 0 Å². The van der Waals surface area contributed by atoms with Crippen LogP contribution in [0.4, 0.5) is 4.79 Å². The normalized spacial score (nSPS) is 14.0. The number of nitrogens with one attached hydrogen (secondary N) is 2. The largest absolute Gasteiger partial charge is 0.394 e. The van der Waals surface area contributed by atoms with E-state index in [0.717, 1.165) is 17.7 Å². The minimum atomic E-state index is -0.538. The van der Waals surface area contributed by atoms with E-state index >= 15 is 0 Å². The third-order valence-corrected chi connectivity index (χ3v) is 3.79. The third-order valence-electron chi connectivity index (χ3n) is 2.79. The zero-order valence-electron chi connectivity index (χ0n) is 11.2. The Morgan fingerprint density at radius 2 is 2.22 bits per heavy atom. The summed E-state index contributed by atoms with van der Waals surface area (Å²) in [6.45, 7) is 6.40. The summed E-state index contributed by atoms with van der Waals surface area (Å²) in [6.07, 6.45) is 1.68. The molecule has 0 saturated carbocycles. The SMILES string of the molecule is CCCC(C)(CO)NC(=O)NCc1ccc(C)s1. The number of urea groups is 1. The summed E-state index contributed by atoms with van der Waals surface area (Å²) in [4.78, 5) is 14.1. The number of hydrogen-bond donors (Lipinski definition) is 3. The topological polar surface area (TPSA) is 61.4 Å². The summed E-state index contributed by atoms with van der Waals surface area (Å²) >= 11 is 1.67. The van der Waals surface area contributed by atoms with E-state index in [1.54, 1.807) is 11.3 Å². The van der Waals surface area contributed by atoms with Crippen molar-refractivity contribution >= 4 is 17.4 Å². The van der Waals surface area contributed by atoms with E-state index in [-0.39, 0.29) is 12.6 Å². The van der Waals surface area contributed by atoms with Gasteiger partial charge in [-0.15, -0.1) is 11.3 Å². The molecule has 1 atom stereocenters. The van der Waals surface area contributed by atoms with Crippen LogP contribution in [-0.2, 0) is 6.54 Å². The summed E-state index contributed by atoms with van der Waals surface area (Å²) in [6, 6.07) is 3.82. The highest BCUT2D eigenvalue weighted by molar-refractivity contribution is 7.11. The van der Waals surface area contributed by atoms with Crippen molar-refractivity contribution in [1.82, 2.24) is 10.6 Å². The molecular weight excluding hydrogens is 248 g/mol. The lowest BCUT2D eigenvalue weighted by Gasteiger charge is -2.28. The minimum absolute atomic E-state index is 0.0492.